The predicted molar refractivity (Wildman–Crippen MR) is 36.2 cm³/mol. The van der Waals surface area contributed by atoms with E-state index in [1.54, 1.807) is 5.37 Å². The van der Waals surface area contributed by atoms with Gasteiger partial charge in [-0.15, -0.1) is 0 Å². The topological polar surface area (TPSA) is 26.0 Å². The lowest BCUT2D eigenvalue weighted by atomic mass is 10.3. The van der Waals surface area contributed by atoms with E-state index in [0.29, 0.717) is 0 Å². The van der Waals surface area contributed by atoms with Crippen LogP contribution in [0.4, 0.5) is 0 Å². The van der Waals surface area contributed by atoms with Crippen LogP contribution in [-0.4, -0.2) is 5.37 Å². The van der Waals surface area contributed by atoms with Gasteiger partial charge in [-0.1, -0.05) is 12.2 Å². The highest BCUT2D eigenvalue weighted by Gasteiger charge is 1.81. The Hall–Kier alpha value is -0.370. The quantitative estimate of drug-likeness (QED) is 0.411. The van der Waals surface area contributed by atoms with Gasteiger partial charge in [0.15, 0.2) is 0 Å². The van der Waals surface area contributed by atoms with E-state index in [1.807, 2.05) is 13.8 Å². The van der Waals surface area contributed by atoms with Crippen molar-refractivity contribution in [2.24, 2.45) is 5.73 Å². The monoisotopic (exact) mass is 115 g/mol. The van der Waals surface area contributed by atoms with E-state index in [9.17, 15) is 0 Å². The molecule has 40 valence electrons. The Morgan fingerprint density at radius 1 is 1.57 bits per heavy atom. The van der Waals surface area contributed by atoms with Gasteiger partial charge >= 0.3 is 0 Å². The molecule has 0 spiro atoms. The van der Waals surface area contributed by atoms with Crippen LogP contribution in [0.3, 0.4) is 0 Å². The van der Waals surface area contributed by atoms with Crippen LogP contribution in [0.25, 0.3) is 0 Å². The van der Waals surface area contributed by atoms with Crippen molar-refractivity contribution in [1.29, 1.82) is 0 Å². The van der Waals surface area contributed by atoms with Crippen molar-refractivity contribution < 1.29 is 0 Å². The summed E-state index contributed by atoms with van der Waals surface area (Å²) < 4.78 is 0. The Balaban J connectivity index is 3.98. The van der Waals surface area contributed by atoms with Crippen molar-refractivity contribution in [3.63, 3.8) is 0 Å². The molecule has 0 rings (SSSR count). The molecule has 0 saturated carbocycles. The van der Waals surface area contributed by atoms with Crippen molar-refractivity contribution in [1.82, 2.24) is 0 Å². The number of hydrogen-bond donors (Lipinski definition) is 1. The van der Waals surface area contributed by atoms with E-state index in [4.69, 9.17) is 5.73 Å². The minimum Gasteiger partial charge on any atom is -0.402 e. The molecule has 0 aromatic carbocycles. The predicted octanol–water partition coefficient (Wildman–Crippen LogP) is 1.24. The summed E-state index contributed by atoms with van der Waals surface area (Å²) in [6, 6.07) is 0. The summed E-state index contributed by atoms with van der Waals surface area (Å²) in [5, 5.41) is 1.58. The third kappa shape index (κ3) is 2.34. The van der Waals surface area contributed by atoms with Gasteiger partial charge in [0.25, 0.3) is 0 Å². The molecule has 0 aliphatic rings. The summed E-state index contributed by atoms with van der Waals surface area (Å²) in [6.07, 6.45) is 0. The zero-order chi connectivity index (χ0) is 5.86. The minimum absolute atomic E-state index is 0.801. The zero-order valence-corrected chi connectivity index (χ0v) is 5.38. The van der Waals surface area contributed by atoms with Crippen LogP contribution in [0.2, 0.25) is 0 Å². The van der Waals surface area contributed by atoms with Crippen LogP contribution in [-0.2, 0) is 0 Å². The first-order valence-corrected chi connectivity index (χ1v) is 2.53. The van der Waals surface area contributed by atoms with Gasteiger partial charge < -0.3 is 5.73 Å². The van der Waals surface area contributed by atoms with Gasteiger partial charge in [0.2, 0.25) is 0 Å². The van der Waals surface area contributed by atoms with E-state index in [1.165, 1.54) is 0 Å². The molecule has 0 heterocycles. The molecule has 7 heavy (non-hydrogen) atoms. The number of nitrogens with two attached hydrogens (primary N) is 1. The Kier molecular flexibility index (Phi) is 2.60. The maximum atomic E-state index is 5.33. The second kappa shape index (κ2) is 2.75. The van der Waals surface area contributed by atoms with Crippen molar-refractivity contribution >= 4 is 17.6 Å². The van der Waals surface area contributed by atoms with Crippen LogP contribution in [0.1, 0.15) is 13.8 Å². The lowest BCUT2D eigenvalue weighted by Crippen LogP contribution is -1.94. The summed E-state index contributed by atoms with van der Waals surface area (Å²) in [7, 11) is 0. The van der Waals surface area contributed by atoms with Gasteiger partial charge in [-0.3, -0.25) is 0 Å². The van der Waals surface area contributed by atoms with Crippen LogP contribution >= 0.6 is 12.2 Å². The highest BCUT2D eigenvalue weighted by molar-refractivity contribution is 7.79. The zero-order valence-electron chi connectivity index (χ0n) is 4.56. The van der Waals surface area contributed by atoms with Gasteiger partial charge in [0.05, 0.1) is 0 Å². The maximum Gasteiger partial charge on any atom is 0.00869 e. The largest absolute Gasteiger partial charge is 0.402 e. The molecule has 0 bridgehead atoms. The first kappa shape index (κ1) is 6.63. The van der Waals surface area contributed by atoms with Gasteiger partial charge in [0, 0.05) is 11.1 Å². The molecule has 0 fully saturated rings. The van der Waals surface area contributed by atoms with E-state index < -0.39 is 0 Å². The molecule has 2 N–H and O–H groups in total. The van der Waals surface area contributed by atoms with E-state index in [2.05, 4.69) is 12.2 Å². The SMILES string of the molecule is CC(N)=C(C)C=S. The summed E-state index contributed by atoms with van der Waals surface area (Å²) in [4.78, 5) is 0. The average Bonchev–Trinajstić information content (AvgIpc) is 1.65. The molecule has 2 heteroatoms. The van der Waals surface area contributed by atoms with E-state index >= 15 is 0 Å². The van der Waals surface area contributed by atoms with Gasteiger partial charge in [0.1, 0.15) is 0 Å². The molecule has 1 nitrogen and oxygen atoms in total. The Morgan fingerprint density at radius 2 is 2.00 bits per heavy atom. The van der Waals surface area contributed by atoms with Crippen molar-refractivity contribution in [3.8, 4) is 0 Å². The maximum absolute atomic E-state index is 5.33. The van der Waals surface area contributed by atoms with E-state index in [0.717, 1.165) is 11.3 Å². The normalized spacial score (nSPS) is 12.9. The molecule has 0 aliphatic carbocycles. The smallest absolute Gasteiger partial charge is 0.00869 e. The fourth-order valence-corrected chi connectivity index (χ4v) is 0.279. The van der Waals surface area contributed by atoms with Crippen LogP contribution in [0.15, 0.2) is 11.3 Å². The average molecular weight is 115 g/mol. The summed E-state index contributed by atoms with van der Waals surface area (Å²) in [5.74, 6) is 0. The van der Waals surface area contributed by atoms with Gasteiger partial charge in [-0.2, -0.15) is 0 Å². The fourth-order valence-electron chi connectivity index (χ4n) is 0.0929. The molecule has 0 amide bonds. The summed E-state index contributed by atoms with van der Waals surface area (Å²) in [5.41, 5.74) is 7.11. The van der Waals surface area contributed by atoms with Crippen LogP contribution in [0.5, 0.6) is 0 Å². The second-order valence-electron chi connectivity index (χ2n) is 1.48. The molecule has 0 aliphatic heterocycles. The highest BCUT2D eigenvalue weighted by Crippen LogP contribution is 1.90. The fraction of sp³-hybridized carbons (Fsp3) is 0.400. The molecule has 0 saturated heterocycles. The molecular weight excluding hydrogens is 106 g/mol. The van der Waals surface area contributed by atoms with Crippen molar-refractivity contribution in [2.75, 3.05) is 0 Å². The molecule has 0 aromatic rings. The minimum atomic E-state index is 0.801. The van der Waals surface area contributed by atoms with Crippen LogP contribution in [0, 0.1) is 0 Å². The first-order valence-electron chi connectivity index (χ1n) is 2.06. The number of thiocarbonyl (C=S) groups is 1. The molecule has 0 unspecified atom stereocenters. The second-order valence-corrected chi connectivity index (χ2v) is 1.72. The number of rotatable bonds is 1. The lowest BCUT2D eigenvalue weighted by molar-refractivity contribution is 1.27. The van der Waals surface area contributed by atoms with Crippen molar-refractivity contribution in [2.45, 2.75) is 13.8 Å². The highest BCUT2D eigenvalue weighted by atomic mass is 32.1. The van der Waals surface area contributed by atoms with Crippen molar-refractivity contribution in [3.05, 3.63) is 11.3 Å². The van der Waals surface area contributed by atoms with Crippen LogP contribution < -0.4 is 5.73 Å². The Bertz CT molecular complexity index is 101. The third-order valence-electron chi connectivity index (χ3n) is 0.799. The first-order chi connectivity index (χ1) is 3.18. The Labute approximate surface area is 49.2 Å². The molecule has 0 atom stereocenters. The van der Waals surface area contributed by atoms with Gasteiger partial charge in [-0.25, -0.2) is 0 Å². The summed E-state index contributed by atoms with van der Waals surface area (Å²) in [6.45, 7) is 3.72. The third-order valence-corrected chi connectivity index (χ3v) is 1.15. The molecule has 0 radical (unpaired) electrons. The lowest BCUT2D eigenvalue weighted by Gasteiger charge is -1.89. The standard InChI is InChI=1S/C5H9NS/c1-4(3-7)5(2)6/h3H,6H2,1-2H3. The number of allylic oxidation sites excluding steroid dienone is 2. The molecule has 0 aromatic heterocycles. The van der Waals surface area contributed by atoms with E-state index in [-0.39, 0.29) is 0 Å². The molecular formula is C5H9NS. The summed E-state index contributed by atoms with van der Waals surface area (Å²) >= 11 is 4.59. The number of hydrogen-bond acceptors (Lipinski definition) is 2. The van der Waals surface area contributed by atoms with Gasteiger partial charge in [-0.05, 0) is 19.4 Å². The Morgan fingerprint density at radius 3 is 2.00 bits per heavy atom.